The fourth-order valence-corrected chi connectivity index (χ4v) is 9.13. The highest BCUT2D eigenvalue weighted by Gasteiger charge is 2.60. The van der Waals surface area contributed by atoms with Gasteiger partial charge in [0.1, 0.15) is 36.1 Å². The number of likely N-dealkylation sites (N-methyl/N-ethyl adjacent to an activating group) is 1. The number of aliphatic hydroxyl groups is 1. The number of nitrogen functional groups attached to an aromatic ring is 1. The van der Waals surface area contributed by atoms with E-state index in [0.717, 1.165) is 5.56 Å². The molecule has 4 heterocycles. The Hall–Kier alpha value is -4.40. The summed E-state index contributed by atoms with van der Waals surface area (Å²) in [5.74, 6) is 0.812. The third-order valence-corrected chi connectivity index (χ3v) is 12.5. The van der Waals surface area contributed by atoms with Crippen LogP contribution >= 0.6 is 0 Å². The van der Waals surface area contributed by atoms with Crippen LogP contribution in [-0.4, -0.2) is 135 Å². The Kier molecular flexibility index (Phi) is 14.3. The van der Waals surface area contributed by atoms with E-state index in [-0.39, 0.29) is 43.9 Å². The molecule has 0 radical (unpaired) electrons. The number of benzene rings is 1. The van der Waals surface area contributed by atoms with Crippen LogP contribution in [0.3, 0.4) is 0 Å². The summed E-state index contributed by atoms with van der Waals surface area (Å²) in [7, 11) is 5.20. The second kappa shape index (κ2) is 18.5. The minimum atomic E-state index is -1.49. The van der Waals surface area contributed by atoms with Crippen LogP contribution in [0.5, 0.6) is 0 Å². The number of ketones is 2. The Balaban J connectivity index is 1.47. The van der Waals surface area contributed by atoms with Gasteiger partial charge in [0.25, 0.3) is 0 Å². The predicted octanol–water partition coefficient (Wildman–Crippen LogP) is 3.73. The molecule has 59 heavy (non-hydrogen) atoms. The number of hydrogen-bond donors (Lipinski definition) is 2. The molecule has 3 aliphatic rings. The molecule has 0 bridgehead atoms. The number of ether oxygens (including phenoxy) is 5. The first-order valence-electron chi connectivity index (χ1n) is 20.5. The normalized spacial score (nSPS) is 36.0. The first kappa shape index (κ1) is 45.7. The number of carbonyl (C=O) groups excluding carboxylic acids is 4. The Bertz CT molecular complexity index is 1910. The molecule has 0 saturated carbocycles. The molecule has 3 aliphatic heterocycles. The largest absolute Gasteiger partial charge is 0.458 e. The summed E-state index contributed by atoms with van der Waals surface area (Å²) in [5.41, 5.74) is 5.18. The molecule has 13 atom stereocenters. The molecule has 1 aromatic heterocycles. The lowest BCUT2D eigenvalue weighted by atomic mass is 9.73. The average Bonchev–Trinajstić information content (AvgIpc) is 3.77. The predicted molar refractivity (Wildman–Crippen MR) is 217 cm³/mol. The molecule has 16 nitrogen and oxygen atoms in total. The van der Waals surface area contributed by atoms with Crippen molar-refractivity contribution in [3.63, 3.8) is 0 Å². The van der Waals surface area contributed by atoms with Crippen molar-refractivity contribution in [1.29, 1.82) is 0 Å². The standard InChI is InChI=1S/C43H62N6O10/c1-12-33-43(8)37(49(41(54)59-43)19-14-13-18-48-23-31(45-46-48)29-16-15-17-30(44)21-29)26(4)34(50)24(2)22-42(7,55-11)38(27(5)35(51)28(6)39(53)57-33)58-40-36(52)32(47(9)10)20-25(3)56-40/h15-17,21,23-28,32-33,36-38,40,52H,12,18-20,22,44H2,1-11H3/t24-,25-,26+,27+,28-,32?,33-,36?,37-,38-,40+,42-,43-/m1/s1. The monoisotopic (exact) mass is 822 g/mol. The quantitative estimate of drug-likeness (QED) is 0.169. The van der Waals surface area contributed by atoms with E-state index in [1.165, 1.54) is 18.9 Å². The SMILES string of the molecule is CC[C@H]1OC(=O)[C@H](C)C(=O)[C@H](C)[C@@H](O[C@@H]2O[C@H](C)CC(N(C)C)C2O)[C@](C)(OC)C[C@@H](C)C(=O)[C@H](C)[C@H]2N(CC#CCn3cc(-c4cccc(N)c4)nn3)C(=O)O[C@]12C. The maximum Gasteiger partial charge on any atom is 0.411 e. The summed E-state index contributed by atoms with van der Waals surface area (Å²) in [5, 5.41) is 19.8. The smallest absolute Gasteiger partial charge is 0.411 e. The number of methoxy groups -OCH3 is 1. The van der Waals surface area contributed by atoms with E-state index in [1.807, 2.05) is 38.1 Å². The van der Waals surface area contributed by atoms with Gasteiger partial charge in [-0.3, -0.25) is 19.3 Å². The van der Waals surface area contributed by atoms with Gasteiger partial charge in [-0.25, -0.2) is 9.48 Å². The van der Waals surface area contributed by atoms with Crippen molar-refractivity contribution in [3.05, 3.63) is 30.5 Å². The molecule has 3 saturated heterocycles. The molecular weight excluding hydrogens is 761 g/mol. The molecule has 3 N–H and O–H groups in total. The van der Waals surface area contributed by atoms with E-state index < -0.39 is 83.4 Å². The molecule has 0 spiro atoms. The van der Waals surface area contributed by atoms with Crippen molar-refractivity contribution >= 4 is 29.3 Å². The number of amides is 1. The highest BCUT2D eigenvalue weighted by atomic mass is 16.7. The summed E-state index contributed by atoms with van der Waals surface area (Å²) in [6.07, 6.45) is -2.68. The van der Waals surface area contributed by atoms with E-state index in [0.29, 0.717) is 17.8 Å². The maximum atomic E-state index is 14.7. The van der Waals surface area contributed by atoms with Crippen LogP contribution in [0.1, 0.15) is 74.7 Å². The lowest BCUT2D eigenvalue weighted by Gasteiger charge is -2.47. The summed E-state index contributed by atoms with van der Waals surface area (Å²) in [6, 6.07) is 6.08. The molecule has 2 unspecified atom stereocenters. The highest BCUT2D eigenvalue weighted by Crippen LogP contribution is 2.43. The van der Waals surface area contributed by atoms with Crippen LogP contribution in [0.2, 0.25) is 0 Å². The van der Waals surface area contributed by atoms with Crippen molar-refractivity contribution in [2.24, 2.45) is 23.7 Å². The van der Waals surface area contributed by atoms with E-state index in [4.69, 9.17) is 29.4 Å². The zero-order chi connectivity index (χ0) is 43.6. The number of anilines is 1. The number of fused-ring (bicyclic) bond motifs is 1. The topological polar surface area (TPSA) is 198 Å². The van der Waals surface area contributed by atoms with Crippen LogP contribution in [0.25, 0.3) is 11.3 Å². The summed E-state index contributed by atoms with van der Waals surface area (Å²) in [4.78, 5) is 60.0. The molecule has 1 aromatic carbocycles. The Morgan fingerprint density at radius 1 is 1.03 bits per heavy atom. The lowest BCUT2D eigenvalue weighted by Crippen LogP contribution is -2.60. The minimum absolute atomic E-state index is 0.0913. The van der Waals surface area contributed by atoms with Crippen LogP contribution in [0.15, 0.2) is 30.5 Å². The fourth-order valence-electron chi connectivity index (χ4n) is 9.13. The zero-order valence-electron chi connectivity index (χ0n) is 36.2. The van der Waals surface area contributed by atoms with Gasteiger partial charge in [-0.2, -0.15) is 0 Å². The minimum Gasteiger partial charge on any atom is -0.458 e. The molecule has 3 fully saturated rings. The van der Waals surface area contributed by atoms with Crippen LogP contribution in [-0.2, 0) is 44.6 Å². The lowest BCUT2D eigenvalue weighted by molar-refractivity contribution is -0.295. The maximum absolute atomic E-state index is 14.7. The van der Waals surface area contributed by atoms with Crippen molar-refractivity contribution < 1.29 is 48.0 Å². The number of esters is 1. The number of rotatable bonds is 8. The number of aromatic nitrogens is 3. The van der Waals surface area contributed by atoms with Gasteiger partial charge in [0.2, 0.25) is 0 Å². The van der Waals surface area contributed by atoms with Gasteiger partial charge in [0.05, 0.1) is 36.6 Å². The number of carbonyl (C=O) groups is 4. The van der Waals surface area contributed by atoms with Crippen molar-refractivity contribution in [2.45, 2.75) is 135 Å². The van der Waals surface area contributed by atoms with Crippen molar-refractivity contribution in [2.75, 3.05) is 33.5 Å². The number of hydrogen-bond acceptors (Lipinski definition) is 14. The Morgan fingerprint density at radius 2 is 1.73 bits per heavy atom. The average molecular weight is 823 g/mol. The first-order chi connectivity index (χ1) is 27.8. The summed E-state index contributed by atoms with van der Waals surface area (Å²) >= 11 is 0. The van der Waals surface area contributed by atoms with E-state index in [2.05, 4.69) is 22.2 Å². The zero-order valence-corrected chi connectivity index (χ0v) is 36.2. The second-order valence-electron chi connectivity index (χ2n) is 17.1. The van der Waals surface area contributed by atoms with Gasteiger partial charge < -0.3 is 39.4 Å². The Morgan fingerprint density at radius 3 is 2.37 bits per heavy atom. The van der Waals surface area contributed by atoms with Gasteiger partial charge >= 0.3 is 12.1 Å². The second-order valence-corrected chi connectivity index (χ2v) is 17.1. The molecule has 0 aliphatic carbocycles. The van der Waals surface area contributed by atoms with Crippen LogP contribution in [0.4, 0.5) is 10.5 Å². The van der Waals surface area contributed by atoms with Gasteiger partial charge in [-0.1, -0.05) is 56.9 Å². The van der Waals surface area contributed by atoms with Gasteiger partial charge in [-0.15, -0.1) is 5.10 Å². The highest BCUT2D eigenvalue weighted by molar-refractivity contribution is 6.00. The molecule has 5 rings (SSSR count). The van der Waals surface area contributed by atoms with Gasteiger partial charge in [0, 0.05) is 42.2 Å². The van der Waals surface area contributed by atoms with Crippen LogP contribution < -0.4 is 5.73 Å². The van der Waals surface area contributed by atoms with Crippen molar-refractivity contribution in [3.8, 4) is 23.1 Å². The van der Waals surface area contributed by atoms with Gasteiger partial charge in [-0.05, 0) is 73.2 Å². The Labute approximate surface area is 347 Å². The van der Waals surface area contributed by atoms with E-state index >= 15 is 0 Å². The number of aliphatic hydroxyl groups excluding tert-OH is 1. The fraction of sp³-hybridized carbons (Fsp3) is 0.674. The van der Waals surface area contributed by atoms with Crippen molar-refractivity contribution in [1.82, 2.24) is 24.8 Å². The summed E-state index contributed by atoms with van der Waals surface area (Å²) in [6.45, 7) is 13.8. The number of nitrogens with two attached hydrogens (primary N) is 1. The number of Topliss-reactive ketones (excluding diaryl/α,β-unsaturated/α-hetero) is 2. The molecular formula is C43H62N6O10. The van der Waals surface area contributed by atoms with Crippen LogP contribution in [0, 0.1) is 35.5 Å². The third kappa shape index (κ3) is 9.49. The molecule has 1 amide bonds. The van der Waals surface area contributed by atoms with E-state index in [9.17, 15) is 24.3 Å². The third-order valence-electron chi connectivity index (χ3n) is 12.5. The molecule has 2 aromatic rings. The van der Waals surface area contributed by atoms with E-state index in [1.54, 1.807) is 64.6 Å². The molecule has 324 valence electrons. The number of cyclic esters (lactones) is 1. The number of nitrogens with zero attached hydrogens (tertiary/aromatic N) is 5. The first-order valence-corrected chi connectivity index (χ1v) is 20.5. The molecule has 16 heteroatoms. The van der Waals surface area contributed by atoms with Gasteiger partial charge in [0.15, 0.2) is 17.7 Å². The summed E-state index contributed by atoms with van der Waals surface area (Å²) < 4.78 is 32.6.